The molecule has 2 amide bonds. The van der Waals surface area contributed by atoms with Crippen molar-refractivity contribution in [1.29, 1.82) is 0 Å². The number of carbonyl (C=O) groups excluding carboxylic acids is 2. The lowest BCUT2D eigenvalue weighted by Gasteiger charge is -2.45. The van der Waals surface area contributed by atoms with Crippen molar-refractivity contribution < 1.29 is 34.0 Å². The predicted octanol–water partition coefficient (Wildman–Crippen LogP) is 1.35. The van der Waals surface area contributed by atoms with Gasteiger partial charge < -0.3 is 24.4 Å². The molecule has 0 unspecified atom stereocenters. The van der Waals surface area contributed by atoms with Crippen molar-refractivity contribution in [1.82, 2.24) is 4.90 Å². The van der Waals surface area contributed by atoms with Gasteiger partial charge in [-0.15, -0.1) is 0 Å². The first-order valence-corrected chi connectivity index (χ1v) is 10.2. The highest BCUT2D eigenvalue weighted by atomic mass is 16.7. The molecule has 1 saturated heterocycles. The van der Waals surface area contributed by atoms with Gasteiger partial charge in [-0.1, -0.05) is 42.5 Å². The molecule has 0 bridgehead atoms. The number of benzene rings is 2. The summed E-state index contributed by atoms with van der Waals surface area (Å²) in [6.07, 6.45) is -4.82. The van der Waals surface area contributed by atoms with Crippen molar-refractivity contribution in [3.63, 3.8) is 0 Å². The number of rotatable bonds is 7. The molecule has 164 valence electrons. The van der Waals surface area contributed by atoms with Crippen molar-refractivity contribution in [2.75, 3.05) is 13.2 Å². The molecule has 2 aromatic rings. The van der Waals surface area contributed by atoms with E-state index in [2.05, 4.69) is 0 Å². The summed E-state index contributed by atoms with van der Waals surface area (Å²) in [7, 11) is 0. The SMILES string of the molecule is CCO[C@H]1O[C@H](COCc2ccccc2)[C@@H](O)[C@H](O)[C@@H]1N1C(=O)c2ccccc2C1=O. The Balaban J connectivity index is 1.50. The van der Waals surface area contributed by atoms with E-state index in [-0.39, 0.29) is 24.3 Å². The molecule has 2 aliphatic heterocycles. The van der Waals surface area contributed by atoms with Crippen LogP contribution in [0.3, 0.4) is 0 Å². The number of aliphatic hydroxyl groups excluding tert-OH is 2. The topological polar surface area (TPSA) is 106 Å². The highest BCUT2D eigenvalue weighted by Crippen LogP contribution is 2.32. The fourth-order valence-electron chi connectivity index (χ4n) is 3.98. The Morgan fingerprint density at radius 1 is 0.935 bits per heavy atom. The van der Waals surface area contributed by atoms with Crippen LogP contribution < -0.4 is 0 Å². The summed E-state index contributed by atoms with van der Waals surface area (Å²) < 4.78 is 17.1. The zero-order valence-corrected chi connectivity index (χ0v) is 17.1. The van der Waals surface area contributed by atoms with E-state index in [0.29, 0.717) is 6.61 Å². The highest BCUT2D eigenvalue weighted by molar-refractivity contribution is 6.21. The lowest BCUT2D eigenvalue weighted by atomic mass is 9.95. The second kappa shape index (κ2) is 9.25. The Morgan fingerprint density at radius 2 is 1.55 bits per heavy atom. The molecule has 8 heteroatoms. The minimum atomic E-state index is -1.46. The smallest absolute Gasteiger partial charge is 0.262 e. The van der Waals surface area contributed by atoms with Gasteiger partial charge in [0.15, 0.2) is 6.29 Å². The molecular weight excluding hydrogens is 402 g/mol. The Morgan fingerprint density at radius 3 is 2.16 bits per heavy atom. The van der Waals surface area contributed by atoms with Gasteiger partial charge in [-0.25, -0.2) is 0 Å². The van der Waals surface area contributed by atoms with Gasteiger partial charge in [0, 0.05) is 6.61 Å². The van der Waals surface area contributed by atoms with Gasteiger partial charge in [0.05, 0.1) is 24.3 Å². The maximum absolute atomic E-state index is 12.9. The molecule has 4 rings (SSSR count). The maximum Gasteiger partial charge on any atom is 0.262 e. The minimum absolute atomic E-state index is 0.00549. The summed E-state index contributed by atoms with van der Waals surface area (Å²) >= 11 is 0. The van der Waals surface area contributed by atoms with E-state index in [4.69, 9.17) is 14.2 Å². The van der Waals surface area contributed by atoms with Crippen LogP contribution in [0, 0.1) is 0 Å². The van der Waals surface area contributed by atoms with Gasteiger partial charge >= 0.3 is 0 Å². The summed E-state index contributed by atoms with van der Waals surface area (Å²) in [5.74, 6) is -1.10. The normalized spacial score (nSPS) is 28.1. The van der Waals surface area contributed by atoms with Gasteiger partial charge in [-0.05, 0) is 24.6 Å². The minimum Gasteiger partial charge on any atom is -0.388 e. The van der Waals surface area contributed by atoms with Crippen LogP contribution >= 0.6 is 0 Å². The first kappa shape index (κ1) is 21.6. The molecule has 8 nitrogen and oxygen atoms in total. The number of ether oxygens (including phenoxy) is 3. The van der Waals surface area contributed by atoms with Crippen LogP contribution in [0.1, 0.15) is 33.2 Å². The number of carbonyl (C=O) groups is 2. The van der Waals surface area contributed by atoms with Crippen molar-refractivity contribution in [2.24, 2.45) is 0 Å². The molecule has 0 spiro atoms. The summed E-state index contributed by atoms with van der Waals surface area (Å²) in [5.41, 5.74) is 1.45. The summed E-state index contributed by atoms with van der Waals surface area (Å²) in [5, 5.41) is 21.6. The summed E-state index contributed by atoms with van der Waals surface area (Å²) in [6, 6.07) is 14.8. The number of nitrogens with zero attached hydrogens (tertiary/aromatic N) is 1. The quantitative estimate of drug-likeness (QED) is 0.643. The first-order valence-electron chi connectivity index (χ1n) is 10.2. The van der Waals surface area contributed by atoms with Gasteiger partial charge in [0.1, 0.15) is 24.4 Å². The van der Waals surface area contributed by atoms with Crippen LogP contribution in [0.25, 0.3) is 0 Å². The number of hydrogen-bond donors (Lipinski definition) is 2. The third kappa shape index (κ3) is 4.13. The zero-order chi connectivity index (χ0) is 22.0. The fraction of sp³-hybridized carbons (Fsp3) is 0.391. The summed E-state index contributed by atoms with van der Waals surface area (Å²) in [4.78, 5) is 26.7. The molecule has 0 aromatic heterocycles. The average molecular weight is 427 g/mol. The monoisotopic (exact) mass is 427 g/mol. The van der Waals surface area contributed by atoms with E-state index in [1.54, 1.807) is 31.2 Å². The molecule has 1 fully saturated rings. The zero-order valence-electron chi connectivity index (χ0n) is 17.1. The Hall–Kier alpha value is -2.62. The molecule has 0 aliphatic carbocycles. The fourth-order valence-corrected chi connectivity index (χ4v) is 3.98. The third-order valence-electron chi connectivity index (χ3n) is 5.52. The van der Waals surface area contributed by atoms with Crippen LogP contribution in [0.5, 0.6) is 0 Å². The van der Waals surface area contributed by atoms with E-state index < -0.39 is 42.5 Å². The van der Waals surface area contributed by atoms with E-state index in [0.717, 1.165) is 10.5 Å². The lowest BCUT2D eigenvalue weighted by Crippen LogP contribution is -2.65. The molecule has 2 aromatic carbocycles. The molecule has 0 radical (unpaired) electrons. The lowest BCUT2D eigenvalue weighted by molar-refractivity contribution is -0.280. The second-order valence-electron chi connectivity index (χ2n) is 7.50. The molecule has 2 N–H and O–H groups in total. The van der Waals surface area contributed by atoms with Crippen LogP contribution in [0.4, 0.5) is 0 Å². The maximum atomic E-state index is 12.9. The highest BCUT2D eigenvalue weighted by Gasteiger charge is 2.53. The van der Waals surface area contributed by atoms with Crippen molar-refractivity contribution in [2.45, 2.75) is 44.2 Å². The van der Waals surface area contributed by atoms with Gasteiger partial charge in [-0.3, -0.25) is 14.5 Å². The predicted molar refractivity (Wildman–Crippen MR) is 109 cm³/mol. The Kier molecular flexibility index (Phi) is 6.45. The molecular formula is C23H25NO7. The molecule has 2 aliphatic rings. The standard InChI is InChI=1S/C23H25NO7/c1-2-30-23-18(24-21(27)15-10-6-7-11-16(15)22(24)28)20(26)19(25)17(31-23)13-29-12-14-8-4-3-5-9-14/h3-11,17-20,23,25-26H,2,12-13H2,1H3/t17-,18+,19-,20-,23+/m1/s1. The average Bonchev–Trinajstić information content (AvgIpc) is 3.03. The van der Waals surface area contributed by atoms with Crippen molar-refractivity contribution in [3.05, 3.63) is 71.3 Å². The van der Waals surface area contributed by atoms with Gasteiger partial charge in [0.25, 0.3) is 11.8 Å². The Labute approximate surface area is 180 Å². The first-order chi connectivity index (χ1) is 15.0. The van der Waals surface area contributed by atoms with E-state index in [9.17, 15) is 19.8 Å². The number of imide groups is 1. The number of fused-ring (bicyclic) bond motifs is 1. The number of aliphatic hydroxyl groups is 2. The van der Waals surface area contributed by atoms with E-state index in [1.807, 2.05) is 30.3 Å². The van der Waals surface area contributed by atoms with Crippen LogP contribution in [-0.2, 0) is 20.8 Å². The Bertz CT molecular complexity index is 900. The van der Waals surface area contributed by atoms with Crippen LogP contribution in [0.2, 0.25) is 0 Å². The molecule has 5 atom stereocenters. The second-order valence-corrected chi connectivity index (χ2v) is 7.50. The van der Waals surface area contributed by atoms with E-state index >= 15 is 0 Å². The van der Waals surface area contributed by atoms with Gasteiger partial charge in [-0.2, -0.15) is 0 Å². The molecule has 31 heavy (non-hydrogen) atoms. The molecule has 0 saturated carbocycles. The van der Waals surface area contributed by atoms with Crippen LogP contribution in [0.15, 0.2) is 54.6 Å². The van der Waals surface area contributed by atoms with E-state index in [1.165, 1.54) is 0 Å². The third-order valence-corrected chi connectivity index (χ3v) is 5.52. The molecule has 2 heterocycles. The number of amides is 2. The van der Waals surface area contributed by atoms with Crippen molar-refractivity contribution in [3.8, 4) is 0 Å². The summed E-state index contributed by atoms with van der Waals surface area (Å²) in [6.45, 7) is 2.28. The largest absolute Gasteiger partial charge is 0.388 e. The van der Waals surface area contributed by atoms with Gasteiger partial charge in [0.2, 0.25) is 0 Å². The van der Waals surface area contributed by atoms with Crippen LogP contribution in [-0.4, -0.2) is 70.8 Å². The number of hydrogen-bond acceptors (Lipinski definition) is 7. The van der Waals surface area contributed by atoms with Crippen molar-refractivity contribution >= 4 is 11.8 Å².